The highest BCUT2D eigenvalue weighted by atomic mass is 127. The van der Waals surface area contributed by atoms with Crippen molar-refractivity contribution in [3.63, 3.8) is 0 Å². The van der Waals surface area contributed by atoms with Crippen LogP contribution in [0.15, 0.2) is 21.5 Å². The zero-order valence-corrected chi connectivity index (χ0v) is 9.37. The van der Waals surface area contributed by atoms with Crippen molar-refractivity contribution in [2.45, 2.75) is 4.90 Å². The van der Waals surface area contributed by atoms with Gasteiger partial charge in [0, 0.05) is 9.37 Å². The van der Waals surface area contributed by atoms with E-state index in [-0.39, 0.29) is 5.82 Å². The topological polar surface area (TPSA) is 0 Å². The predicted octanol–water partition coefficient (Wildman–Crippen LogP) is 3.48. The number of rotatable bonds is 0. The normalized spacial score (nSPS) is 10.0. The molecular weight excluding hydrogens is 330 g/mol. The van der Waals surface area contributed by atoms with Gasteiger partial charge in [-0.3, -0.25) is 0 Å². The van der Waals surface area contributed by atoms with E-state index in [9.17, 15) is 4.39 Å². The Bertz CT molecular complexity index is 237. The molecule has 54 valence electrons. The molecule has 0 aliphatic carbocycles. The molecular formula is C6H3BrFIS. The van der Waals surface area contributed by atoms with Crippen molar-refractivity contribution in [3.05, 3.63) is 26.0 Å². The van der Waals surface area contributed by atoms with Crippen LogP contribution in [0.2, 0.25) is 0 Å². The highest BCUT2D eigenvalue weighted by Crippen LogP contribution is 2.27. The van der Waals surface area contributed by atoms with Crippen molar-refractivity contribution in [2.24, 2.45) is 0 Å². The lowest BCUT2D eigenvalue weighted by atomic mass is 10.3. The molecule has 0 aliphatic rings. The molecule has 0 nitrogen and oxygen atoms in total. The van der Waals surface area contributed by atoms with E-state index in [0.29, 0.717) is 3.57 Å². The standard InChI is InChI=1S/C6H3BrFIS/c7-5-4(10)2-1-3(8)6(5)9/h1-2,10H. The smallest absolute Gasteiger partial charge is 0.137 e. The molecule has 0 saturated heterocycles. The Morgan fingerprint density at radius 2 is 2.10 bits per heavy atom. The third-order valence-corrected chi connectivity index (χ3v) is 4.31. The summed E-state index contributed by atoms with van der Waals surface area (Å²) in [7, 11) is 0. The lowest BCUT2D eigenvalue weighted by Crippen LogP contribution is -1.83. The van der Waals surface area contributed by atoms with Crippen LogP contribution in [-0.2, 0) is 0 Å². The average Bonchev–Trinajstić information content (AvgIpc) is 1.93. The lowest BCUT2D eigenvalue weighted by molar-refractivity contribution is 0.617. The lowest BCUT2D eigenvalue weighted by Gasteiger charge is -1.99. The molecule has 0 atom stereocenters. The van der Waals surface area contributed by atoms with Gasteiger partial charge in [-0.25, -0.2) is 4.39 Å². The number of thiol groups is 1. The summed E-state index contributed by atoms with van der Waals surface area (Å²) in [5.41, 5.74) is 0. The van der Waals surface area contributed by atoms with Crippen LogP contribution in [0.3, 0.4) is 0 Å². The fourth-order valence-corrected chi connectivity index (χ4v) is 1.71. The summed E-state index contributed by atoms with van der Waals surface area (Å²) in [6.07, 6.45) is 0. The zero-order valence-electron chi connectivity index (χ0n) is 4.74. The fraction of sp³-hybridized carbons (Fsp3) is 0. The van der Waals surface area contributed by atoms with Crippen molar-refractivity contribution in [1.29, 1.82) is 0 Å². The summed E-state index contributed by atoms with van der Waals surface area (Å²) in [6, 6.07) is 3.01. The van der Waals surface area contributed by atoms with Gasteiger partial charge in [0.2, 0.25) is 0 Å². The average molecular weight is 333 g/mol. The minimum atomic E-state index is -0.217. The van der Waals surface area contributed by atoms with E-state index < -0.39 is 0 Å². The number of halogens is 3. The molecule has 0 aromatic heterocycles. The Hall–Kier alpha value is 0.710. The molecule has 0 amide bonds. The van der Waals surface area contributed by atoms with E-state index in [4.69, 9.17) is 0 Å². The first-order valence-electron chi connectivity index (χ1n) is 2.45. The molecule has 0 bridgehead atoms. The van der Waals surface area contributed by atoms with Crippen LogP contribution in [0.4, 0.5) is 4.39 Å². The van der Waals surface area contributed by atoms with Gasteiger partial charge in [0.1, 0.15) is 5.82 Å². The van der Waals surface area contributed by atoms with Gasteiger partial charge in [-0.1, -0.05) is 0 Å². The van der Waals surface area contributed by atoms with Gasteiger partial charge in [0.05, 0.1) is 3.57 Å². The van der Waals surface area contributed by atoms with Crippen LogP contribution < -0.4 is 0 Å². The quantitative estimate of drug-likeness (QED) is 0.420. The second kappa shape index (κ2) is 3.40. The molecule has 1 aromatic carbocycles. The van der Waals surface area contributed by atoms with E-state index in [0.717, 1.165) is 9.37 Å². The Labute approximate surface area is 85.9 Å². The van der Waals surface area contributed by atoms with Crippen LogP contribution in [0.25, 0.3) is 0 Å². The SMILES string of the molecule is Fc1ccc(S)c(Br)c1I. The highest BCUT2D eigenvalue weighted by molar-refractivity contribution is 14.1. The summed E-state index contributed by atoms with van der Waals surface area (Å²) < 4.78 is 14.0. The highest BCUT2D eigenvalue weighted by Gasteiger charge is 2.04. The van der Waals surface area contributed by atoms with Crippen molar-refractivity contribution in [2.75, 3.05) is 0 Å². The van der Waals surface area contributed by atoms with Gasteiger partial charge in [0.25, 0.3) is 0 Å². The van der Waals surface area contributed by atoms with Crippen molar-refractivity contribution >= 4 is 51.1 Å². The Balaban J connectivity index is 3.34. The monoisotopic (exact) mass is 332 g/mol. The van der Waals surface area contributed by atoms with E-state index >= 15 is 0 Å². The molecule has 0 radical (unpaired) electrons. The number of hydrogen-bond donors (Lipinski definition) is 1. The van der Waals surface area contributed by atoms with E-state index in [1.54, 1.807) is 6.07 Å². The molecule has 0 fully saturated rings. The fourth-order valence-electron chi connectivity index (χ4n) is 0.516. The Morgan fingerprint density at radius 1 is 1.50 bits per heavy atom. The molecule has 0 N–H and O–H groups in total. The number of hydrogen-bond acceptors (Lipinski definition) is 1. The van der Waals surface area contributed by atoms with Crippen LogP contribution >= 0.6 is 51.1 Å². The van der Waals surface area contributed by atoms with Gasteiger partial charge in [0.15, 0.2) is 0 Å². The van der Waals surface area contributed by atoms with Gasteiger partial charge in [-0.15, -0.1) is 12.6 Å². The molecule has 0 heterocycles. The molecule has 0 aliphatic heterocycles. The van der Waals surface area contributed by atoms with Gasteiger partial charge in [-0.05, 0) is 50.7 Å². The second-order valence-electron chi connectivity index (χ2n) is 1.69. The van der Waals surface area contributed by atoms with Crippen molar-refractivity contribution in [1.82, 2.24) is 0 Å². The maximum absolute atomic E-state index is 12.7. The van der Waals surface area contributed by atoms with E-state index in [1.807, 2.05) is 22.6 Å². The van der Waals surface area contributed by atoms with Gasteiger partial charge >= 0.3 is 0 Å². The van der Waals surface area contributed by atoms with Crippen molar-refractivity contribution in [3.8, 4) is 0 Å². The molecule has 0 saturated carbocycles. The van der Waals surface area contributed by atoms with Crippen LogP contribution in [0.1, 0.15) is 0 Å². The van der Waals surface area contributed by atoms with Crippen LogP contribution in [0.5, 0.6) is 0 Å². The van der Waals surface area contributed by atoms with E-state index in [2.05, 4.69) is 28.6 Å². The van der Waals surface area contributed by atoms with Crippen LogP contribution in [0, 0.1) is 9.39 Å². The molecule has 0 spiro atoms. The molecule has 1 aromatic rings. The largest absolute Gasteiger partial charge is 0.206 e. The summed E-state index contributed by atoms with van der Waals surface area (Å²) in [4.78, 5) is 0.755. The van der Waals surface area contributed by atoms with E-state index in [1.165, 1.54) is 6.07 Å². The first kappa shape index (κ1) is 8.80. The van der Waals surface area contributed by atoms with Crippen molar-refractivity contribution < 1.29 is 4.39 Å². The second-order valence-corrected chi connectivity index (χ2v) is 4.05. The van der Waals surface area contributed by atoms with Crippen LogP contribution in [-0.4, -0.2) is 0 Å². The summed E-state index contributed by atoms with van der Waals surface area (Å²) in [6.45, 7) is 0. The Morgan fingerprint density at radius 3 is 2.60 bits per heavy atom. The minimum absolute atomic E-state index is 0.217. The third kappa shape index (κ3) is 1.65. The van der Waals surface area contributed by atoms with Gasteiger partial charge < -0.3 is 0 Å². The molecule has 0 unspecified atom stereocenters. The molecule has 1 rings (SSSR count). The molecule has 4 heteroatoms. The first-order chi connectivity index (χ1) is 4.63. The first-order valence-corrected chi connectivity index (χ1v) is 4.77. The summed E-state index contributed by atoms with van der Waals surface area (Å²) in [5.74, 6) is -0.217. The maximum Gasteiger partial charge on any atom is 0.137 e. The Kier molecular flexibility index (Phi) is 3.00. The minimum Gasteiger partial charge on any atom is -0.206 e. The van der Waals surface area contributed by atoms with Gasteiger partial charge in [-0.2, -0.15) is 0 Å². The summed E-state index contributed by atoms with van der Waals surface area (Å²) >= 11 is 9.23. The third-order valence-electron chi connectivity index (χ3n) is 1.01. The zero-order chi connectivity index (χ0) is 7.72. The molecule has 10 heavy (non-hydrogen) atoms. The number of benzene rings is 1. The summed E-state index contributed by atoms with van der Waals surface area (Å²) in [5, 5.41) is 0. The maximum atomic E-state index is 12.7. The predicted molar refractivity (Wildman–Crippen MR) is 54.1 cm³/mol.